The number of aliphatic hydroxyl groups is 2. The molecule has 0 rings (SSSR count). The monoisotopic (exact) mass is 1000 g/mol. The van der Waals surface area contributed by atoms with Gasteiger partial charge in [0.2, 0.25) is 23.6 Å². The molecule has 0 bridgehead atoms. The summed E-state index contributed by atoms with van der Waals surface area (Å²) in [4.78, 5) is 94.8. The number of hydrogen-bond acceptors (Lipinski definition) is 15. The van der Waals surface area contributed by atoms with Crippen LogP contribution in [-0.4, -0.2) is 164 Å². The van der Waals surface area contributed by atoms with Gasteiger partial charge in [-0.3, -0.25) is 38.4 Å². The van der Waals surface area contributed by atoms with Crippen molar-refractivity contribution in [3.8, 4) is 0 Å². The molecule has 398 valence electrons. The lowest BCUT2D eigenvalue weighted by atomic mass is 9.94. The molecule has 0 spiro atoms. The van der Waals surface area contributed by atoms with E-state index in [-0.39, 0.29) is 145 Å². The summed E-state index contributed by atoms with van der Waals surface area (Å²) in [6.07, 6.45) is 14.7. The molecule has 0 aromatic rings. The number of carbonyl (C=O) groups excluding carboxylic acids is 6. The van der Waals surface area contributed by atoms with E-state index in [4.69, 9.17) is 34.3 Å². The van der Waals surface area contributed by atoms with E-state index >= 15 is 0 Å². The zero-order chi connectivity index (χ0) is 51.3. The number of ketones is 2. The van der Waals surface area contributed by atoms with E-state index in [0.29, 0.717) is 31.6 Å². The van der Waals surface area contributed by atoms with Crippen LogP contribution in [0, 0.1) is 11.8 Å². The van der Waals surface area contributed by atoms with Crippen molar-refractivity contribution in [3.05, 3.63) is 12.3 Å². The van der Waals surface area contributed by atoms with Crippen molar-refractivity contribution in [1.29, 1.82) is 0 Å². The van der Waals surface area contributed by atoms with Crippen molar-refractivity contribution in [3.63, 3.8) is 0 Å². The highest BCUT2D eigenvalue weighted by molar-refractivity contribution is 7.99. The van der Waals surface area contributed by atoms with Crippen molar-refractivity contribution in [2.75, 3.05) is 90.6 Å². The first-order valence-corrected chi connectivity index (χ1v) is 25.8. The number of ether oxygens (including phenoxy) is 4. The number of carboxylic acid groups (broad SMARTS) is 2. The van der Waals surface area contributed by atoms with Gasteiger partial charge in [0.25, 0.3) is 0 Å². The molecular weight excluding hydrogens is 921 g/mol. The minimum Gasteiger partial charge on any atom is -0.511 e. The first-order valence-electron chi connectivity index (χ1n) is 24.7. The number of unbranched alkanes of at least 4 members (excludes halogenated alkanes) is 11. The van der Waals surface area contributed by atoms with Gasteiger partial charge in [0.05, 0.1) is 57.4 Å². The average molecular weight is 1010 g/mol. The first-order chi connectivity index (χ1) is 33.2. The van der Waals surface area contributed by atoms with Gasteiger partial charge in [-0.15, -0.1) is 0 Å². The fourth-order valence-corrected chi connectivity index (χ4v) is 7.79. The third-order valence-electron chi connectivity index (χ3n) is 10.8. The summed E-state index contributed by atoms with van der Waals surface area (Å²) in [6.45, 7) is 6.35. The molecule has 0 heterocycles. The minimum absolute atomic E-state index is 0.0140. The molecule has 0 radical (unpaired) electrons. The van der Waals surface area contributed by atoms with Gasteiger partial charge >= 0.3 is 11.9 Å². The molecule has 0 saturated carbocycles. The second-order valence-corrected chi connectivity index (χ2v) is 17.8. The van der Waals surface area contributed by atoms with Gasteiger partial charge < -0.3 is 60.6 Å². The predicted molar refractivity (Wildman–Crippen MR) is 261 cm³/mol. The van der Waals surface area contributed by atoms with Gasteiger partial charge in [-0.1, -0.05) is 77.7 Å². The van der Waals surface area contributed by atoms with Gasteiger partial charge in [-0.2, -0.15) is 11.8 Å². The predicted octanol–water partition coefficient (Wildman–Crippen LogP) is 4.05. The summed E-state index contributed by atoms with van der Waals surface area (Å²) in [5, 5.41) is 47.5. The highest BCUT2D eigenvalue weighted by Gasteiger charge is 2.25. The van der Waals surface area contributed by atoms with Crippen LogP contribution in [-0.2, 0) is 57.3 Å². The largest absolute Gasteiger partial charge is 0.511 e. The van der Waals surface area contributed by atoms with E-state index < -0.39 is 36.4 Å². The Kier molecular flexibility index (Phi) is 42.3. The van der Waals surface area contributed by atoms with Crippen LogP contribution in [0.25, 0.3) is 0 Å². The lowest BCUT2D eigenvalue weighted by Gasteiger charge is -2.17. The number of carboxylic acids is 2. The smallest absolute Gasteiger partial charge is 0.309 e. The molecule has 0 unspecified atom stereocenters. The van der Waals surface area contributed by atoms with Gasteiger partial charge in [0, 0.05) is 70.0 Å². The Hall–Kier alpha value is -4.15. The molecule has 21 heteroatoms. The molecule has 3 atom stereocenters. The van der Waals surface area contributed by atoms with Crippen molar-refractivity contribution >= 4 is 58.9 Å². The van der Waals surface area contributed by atoms with Crippen LogP contribution < -0.4 is 21.3 Å². The average Bonchev–Trinajstić information content (AvgIpc) is 3.31. The zero-order valence-electron chi connectivity index (χ0n) is 41.1. The van der Waals surface area contributed by atoms with Gasteiger partial charge in [0.15, 0.2) is 0 Å². The minimum atomic E-state index is -1.23. The molecule has 0 aromatic carbocycles. The number of Topliss-reactive ketones (excluding diaryl/α,β-unsaturated/α-hetero) is 2. The number of rotatable bonds is 50. The first kappa shape index (κ1) is 64.8. The fourth-order valence-electron chi connectivity index (χ4n) is 6.68. The topological polar surface area (TPSA) is 303 Å². The number of nitrogens with one attached hydrogen (secondary N) is 4. The molecule has 0 aliphatic rings. The van der Waals surface area contributed by atoms with Crippen molar-refractivity contribution in [2.24, 2.45) is 11.8 Å². The fraction of sp³-hybridized carbons (Fsp3) is 0.792. The summed E-state index contributed by atoms with van der Waals surface area (Å²) >= 11 is 1.25. The van der Waals surface area contributed by atoms with Crippen LogP contribution >= 0.6 is 11.8 Å². The third kappa shape index (κ3) is 41.4. The third-order valence-corrected chi connectivity index (χ3v) is 11.9. The summed E-state index contributed by atoms with van der Waals surface area (Å²) in [7, 11) is 0. The van der Waals surface area contributed by atoms with E-state index in [1.165, 1.54) is 37.4 Å². The van der Waals surface area contributed by atoms with Gasteiger partial charge in [-0.25, -0.2) is 0 Å². The van der Waals surface area contributed by atoms with Crippen LogP contribution in [0.5, 0.6) is 0 Å². The van der Waals surface area contributed by atoms with Crippen LogP contribution in [0.15, 0.2) is 12.3 Å². The normalized spacial score (nSPS) is 12.4. The van der Waals surface area contributed by atoms with Crippen molar-refractivity contribution < 1.29 is 77.7 Å². The number of aliphatic hydroxyl groups excluding tert-OH is 2. The Bertz CT molecular complexity index is 1470. The lowest BCUT2D eigenvalue weighted by Crippen LogP contribution is -2.37. The Morgan fingerprint density at radius 1 is 0.551 bits per heavy atom. The molecule has 69 heavy (non-hydrogen) atoms. The highest BCUT2D eigenvalue weighted by Crippen LogP contribution is 2.18. The number of hydrogen-bond donors (Lipinski definition) is 8. The number of carbonyl (C=O) groups is 8. The molecule has 20 nitrogen and oxygen atoms in total. The van der Waals surface area contributed by atoms with Crippen LogP contribution in [0.1, 0.15) is 135 Å². The maximum atomic E-state index is 12.4. The lowest BCUT2D eigenvalue weighted by molar-refractivity contribution is -0.145. The highest BCUT2D eigenvalue weighted by atomic mass is 32.2. The quantitative estimate of drug-likeness (QED) is 0.0315. The molecule has 0 aromatic heterocycles. The zero-order valence-corrected chi connectivity index (χ0v) is 41.9. The molecule has 4 amide bonds. The van der Waals surface area contributed by atoms with E-state index in [2.05, 4.69) is 27.8 Å². The summed E-state index contributed by atoms with van der Waals surface area (Å²) < 4.78 is 21.5. The maximum Gasteiger partial charge on any atom is 0.309 e. The van der Waals surface area contributed by atoms with Crippen molar-refractivity contribution in [1.82, 2.24) is 21.3 Å². The maximum absolute atomic E-state index is 12.4. The van der Waals surface area contributed by atoms with E-state index in [1.54, 1.807) is 6.92 Å². The summed E-state index contributed by atoms with van der Waals surface area (Å²) in [5.74, 6) is -4.65. The Labute approximate surface area is 412 Å². The number of aliphatic carboxylic acids is 2. The molecular formula is C48H84N4O16S. The second kappa shape index (κ2) is 45.0. The molecule has 0 saturated heterocycles. The standard InChI is InChI=1S/C48H84N4O16S/c1-3-38(42(56)31-39(32-53)48(63)64)35-69-36-46(60)50-23-22-49-44(58)33-68-30-28-66-26-24-51-45(59)34-67-29-27-65-25-16-17-40(55)20-21-41(37(2)54)52-43(57)18-14-12-10-8-6-4-5-7-9-11-13-15-19-47(61)62/h38-39,41,53-54H,2-36H2,1H3,(H,49,58)(H,50,60)(H,51,59)(H,52,57)(H,61,62)(H,63,64)/t38-,39-,41-/m0/s1. The number of amides is 4. The van der Waals surface area contributed by atoms with E-state index in [0.717, 1.165) is 51.4 Å². The van der Waals surface area contributed by atoms with E-state index in [9.17, 15) is 43.5 Å². The molecule has 8 N–H and O–H groups in total. The summed E-state index contributed by atoms with van der Waals surface area (Å²) in [6, 6.07) is -0.679. The van der Waals surface area contributed by atoms with Crippen molar-refractivity contribution in [2.45, 2.75) is 141 Å². The number of thioether (sulfide) groups is 1. The Morgan fingerprint density at radius 3 is 1.58 bits per heavy atom. The van der Waals surface area contributed by atoms with Gasteiger partial charge in [-0.05, 0) is 32.1 Å². The SMILES string of the molecule is C=C(O)[C@H](CCC(=O)CCCOCCOCC(=O)NCCOCCOCC(=O)NCCNC(=O)CSC[C@H](CC)C(=O)C[C@@H](CO)C(=O)O)NC(=O)CCCCCCCCCCCCCCC(=O)O. The van der Waals surface area contributed by atoms with Crippen LogP contribution in [0.2, 0.25) is 0 Å². The van der Waals surface area contributed by atoms with Gasteiger partial charge in [0.1, 0.15) is 30.5 Å². The molecule has 0 aliphatic heterocycles. The van der Waals surface area contributed by atoms with Crippen LogP contribution in [0.3, 0.4) is 0 Å². The molecule has 0 aliphatic carbocycles. The second-order valence-electron chi connectivity index (χ2n) is 16.8. The summed E-state index contributed by atoms with van der Waals surface area (Å²) in [5.41, 5.74) is 0. The molecule has 0 fully saturated rings. The Morgan fingerprint density at radius 2 is 1.06 bits per heavy atom. The van der Waals surface area contributed by atoms with E-state index in [1.807, 2.05) is 0 Å². The van der Waals surface area contributed by atoms with Crippen LogP contribution in [0.4, 0.5) is 0 Å². The Balaban J connectivity index is 3.73.